The maximum Gasteiger partial charge on any atom is 0.254 e. The van der Waals surface area contributed by atoms with Gasteiger partial charge < -0.3 is 15.4 Å². The topological polar surface area (TPSA) is 50.4 Å². The first-order valence-corrected chi connectivity index (χ1v) is 7.90. The van der Waals surface area contributed by atoms with E-state index in [1.54, 1.807) is 0 Å². The molecule has 1 atom stereocenters. The molecule has 112 valence electrons. The number of carbonyl (C=O) groups excluding carboxylic acids is 1. The number of halogens is 1. The van der Waals surface area contributed by atoms with E-state index in [2.05, 4.69) is 29.0 Å². The lowest BCUT2D eigenvalue weighted by Crippen LogP contribution is -2.45. The van der Waals surface area contributed by atoms with E-state index < -0.39 is 0 Å². The second-order valence-electron chi connectivity index (χ2n) is 4.49. The molecule has 1 aliphatic heterocycles. The fourth-order valence-corrected chi connectivity index (χ4v) is 2.37. The molecule has 20 heavy (non-hydrogen) atoms. The molecule has 1 saturated heterocycles. The third-order valence-electron chi connectivity index (χ3n) is 3.04. The Balaban J connectivity index is 0.00000200. The predicted molar refractivity (Wildman–Crippen MR) is 87.0 cm³/mol. The number of amides is 1. The largest absolute Gasteiger partial charge is 0.366 e. The highest BCUT2D eigenvalue weighted by Crippen LogP contribution is 2.12. The highest BCUT2D eigenvalue weighted by molar-refractivity contribution is 7.98. The number of carbonyl (C=O) groups is 1. The van der Waals surface area contributed by atoms with Crippen molar-refractivity contribution in [3.8, 4) is 0 Å². The molecule has 0 radical (unpaired) electrons. The summed E-state index contributed by atoms with van der Waals surface area (Å²) in [6.07, 6.45) is 2.78. The van der Waals surface area contributed by atoms with Crippen molar-refractivity contribution in [3.63, 3.8) is 0 Å². The van der Waals surface area contributed by atoms with E-state index in [1.165, 1.54) is 5.56 Å². The van der Waals surface area contributed by atoms with Crippen LogP contribution in [0.2, 0.25) is 0 Å². The smallest absolute Gasteiger partial charge is 0.254 e. The first-order chi connectivity index (χ1) is 9.29. The van der Waals surface area contributed by atoms with Crippen molar-refractivity contribution in [2.45, 2.75) is 12.5 Å². The van der Waals surface area contributed by atoms with Gasteiger partial charge in [-0.3, -0.25) is 4.79 Å². The molecule has 1 aromatic carbocycles. The number of ether oxygens (including phenoxy) is 1. The van der Waals surface area contributed by atoms with Gasteiger partial charge in [0.25, 0.3) is 5.91 Å². The number of anilines is 1. The third kappa shape index (κ3) is 5.32. The van der Waals surface area contributed by atoms with Gasteiger partial charge in [-0.1, -0.05) is 12.1 Å². The standard InChI is InChI=1S/C14H20N2O2S.ClH/c1-19-9-6-11-2-4-12(5-3-11)16-14(17)13-10-15-7-8-18-13;/h2-5,13,15H,6-10H2,1H3,(H,16,17);1H. The minimum absolute atomic E-state index is 0. The molecule has 1 amide bonds. The lowest BCUT2D eigenvalue weighted by molar-refractivity contribution is -0.128. The summed E-state index contributed by atoms with van der Waals surface area (Å²) in [5.74, 6) is 1.04. The number of rotatable bonds is 5. The van der Waals surface area contributed by atoms with Crippen LogP contribution < -0.4 is 10.6 Å². The fourth-order valence-electron chi connectivity index (χ4n) is 1.93. The summed E-state index contributed by atoms with van der Waals surface area (Å²) < 4.78 is 5.41. The molecule has 1 fully saturated rings. The number of hydrogen-bond donors (Lipinski definition) is 2. The Hall–Kier alpha value is -0.750. The van der Waals surface area contributed by atoms with Crippen LogP contribution in [-0.4, -0.2) is 43.7 Å². The van der Waals surface area contributed by atoms with Gasteiger partial charge >= 0.3 is 0 Å². The molecular formula is C14H21ClN2O2S. The van der Waals surface area contributed by atoms with Crippen molar-refractivity contribution in [1.82, 2.24) is 5.32 Å². The second-order valence-corrected chi connectivity index (χ2v) is 5.48. The summed E-state index contributed by atoms with van der Waals surface area (Å²) in [4.78, 5) is 11.9. The minimum Gasteiger partial charge on any atom is -0.366 e. The first-order valence-electron chi connectivity index (χ1n) is 6.50. The summed E-state index contributed by atoms with van der Waals surface area (Å²) in [6, 6.07) is 8.02. The van der Waals surface area contributed by atoms with E-state index in [9.17, 15) is 4.79 Å². The van der Waals surface area contributed by atoms with Gasteiger partial charge in [0.2, 0.25) is 0 Å². The van der Waals surface area contributed by atoms with E-state index in [-0.39, 0.29) is 24.4 Å². The highest BCUT2D eigenvalue weighted by Gasteiger charge is 2.21. The van der Waals surface area contributed by atoms with Crippen LogP contribution in [-0.2, 0) is 16.0 Å². The van der Waals surface area contributed by atoms with Crippen molar-refractivity contribution in [3.05, 3.63) is 29.8 Å². The Morgan fingerprint density at radius 1 is 1.45 bits per heavy atom. The van der Waals surface area contributed by atoms with E-state index in [0.29, 0.717) is 13.2 Å². The molecule has 6 heteroatoms. The molecule has 0 aromatic heterocycles. The van der Waals surface area contributed by atoms with Crippen molar-refractivity contribution in [2.24, 2.45) is 0 Å². The van der Waals surface area contributed by atoms with Gasteiger partial charge in [0.05, 0.1) is 6.61 Å². The van der Waals surface area contributed by atoms with Gasteiger partial charge in [-0.05, 0) is 36.1 Å². The Morgan fingerprint density at radius 3 is 2.80 bits per heavy atom. The van der Waals surface area contributed by atoms with Gasteiger partial charge in [-0.15, -0.1) is 12.4 Å². The van der Waals surface area contributed by atoms with Crippen molar-refractivity contribution >= 4 is 35.8 Å². The van der Waals surface area contributed by atoms with Gasteiger partial charge in [0.1, 0.15) is 6.10 Å². The van der Waals surface area contributed by atoms with Gasteiger partial charge in [-0.25, -0.2) is 0 Å². The van der Waals surface area contributed by atoms with Crippen LogP contribution in [0.15, 0.2) is 24.3 Å². The maximum absolute atomic E-state index is 11.9. The van der Waals surface area contributed by atoms with Crippen LogP contribution in [0, 0.1) is 0 Å². The molecule has 0 saturated carbocycles. The van der Waals surface area contributed by atoms with E-state index in [1.807, 2.05) is 23.9 Å². The zero-order valence-electron chi connectivity index (χ0n) is 11.6. The molecule has 2 rings (SSSR count). The fraction of sp³-hybridized carbons (Fsp3) is 0.500. The molecule has 4 nitrogen and oxygen atoms in total. The summed E-state index contributed by atoms with van der Waals surface area (Å²) in [7, 11) is 0. The van der Waals surface area contributed by atoms with Crippen molar-refractivity contribution in [1.29, 1.82) is 0 Å². The highest BCUT2D eigenvalue weighted by atomic mass is 35.5. The molecule has 1 aromatic rings. The summed E-state index contributed by atoms with van der Waals surface area (Å²) in [5.41, 5.74) is 2.12. The Bertz CT molecular complexity index is 408. The maximum atomic E-state index is 11.9. The lowest BCUT2D eigenvalue weighted by atomic mass is 10.1. The normalized spacial score (nSPS) is 18.1. The van der Waals surface area contributed by atoms with Crippen LogP contribution >= 0.6 is 24.2 Å². The first kappa shape index (κ1) is 17.3. The van der Waals surface area contributed by atoms with Gasteiger partial charge in [-0.2, -0.15) is 11.8 Å². The molecule has 1 aliphatic rings. The van der Waals surface area contributed by atoms with E-state index >= 15 is 0 Å². The second kappa shape index (κ2) is 9.23. The Kier molecular flexibility index (Phi) is 7.99. The van der Waals surface area contributed by atoms with Crippen LogP contribution in [0.3, 0.4) is 0 Å². The molecule has 1 unspecified atom stereocenters. The van der Waals surface area contributed by atoms with Gasteiger partial charge in [0.15, 0.2) is 0 Å². The van der Waals surface area contributed by atoms with E-state index in [0.717, 1.165) is 24.4 Å². The summed E-state index contributed by atoms with van der Waals surface area (Å²) >= 11 is 1.84. The number of aryl methyl sites for hydroxylation is 1. The monoisotopic (exact) mass is 316 g/mol. The lowest BCUT2D eigenvalue weighted by Gasteiger charge is -2.22. The number of nitrogens with one attached hydrogen (secondary N) is 2. The molecular weight excluding hydrogens is 296 g/mol. The zero-order valence-corrected chi connectivity index (χ0v) is 13.2. The van der Waals surface area contributed by atoms with Crippen molar-refractivity contribution < 1.29 is 9.53 Å². The summed E-state index contributed by atoms with van der Waals surface area (Å²) in [6.45, 7) is 1.98. The Labute approximate surface area is 130 Å². The molecule has 0 bridgehead atoms. The minimum atomic E-state index is -0.384. The molecule has 0 spiro atoms. The van der Waals surface area contributed by atoms with Crippen LogP contribution in [0.25, 0.3) is 0 Å². The van der Waals surface area contributed by atoms with Crippen molar-refractivity contribution in [2.75, 3.05) is 37.0 Å². The van der Waals surface area contributed by atoms with E-state index in [4.69, 9.17) is 4.74 Å². The number of benzene rings is 1. The van der Waals surface area contributed by atoms with Crippen LogP contribution in [0.1, 0.15) is 5.56 Å². The predicted octanol–water partition coefficient (Wildman–Crippen LogP) is 1.94. The quantitative estimate of drug-likeness (QED) is 0.871. The van der Waals surface area contributed by atoms with Crippen LogP contribution in [0.4, 0.5) is 5.69 Å². The molecule has 1 heterocycles. The zero-order chi connectivity index (χ0) is 13.5. The number of hydrogen-bond acceptors (Lipinski definition) is 4. The van der Waals surface area contributed by atoms with Gasteiger partial charge in [0, 0.05) is 18.8 Å². The average Bonchev–Trinajstić information content (AvgIpc) is 2.47. The Morgan fingerprint density at radius 2 is 2.20 bits per heavy atom. The number of thioether (sulfide) groups is 1. The van der Waals surface area contributed by atoms with Crippen LogP contribution in [0.5, 0.6) is 0 Å². The third-order valence-corrected chi connectivity index (χ3v) is 3.65. The SMILES string of the molecule is CSCCc1ccc(NC(=O)C2CNCCO2)cc1.Cl. The average molecular weight is 317 g/mol. The molecule has 0 aliphatic carbocycles. The number of morpholine rings is 1. The molecule has 2 N–H and O–H groups in total. The summed E-state index contributed by atoms with van der Waals surface area (Å²) in [5, 5.41) is 6.03.